The minimum atomic E-state index is -0.388. The van der Waals surface area contributed by atoms with Crippen LogP contribution in [-0.4, -0.2) is 35.7 Å². The Kier molecular flexibility index (Phi) is 3.87. The van der Waals surface area contributed by atoms with Crippen molar-refractivity contribution in [2.45, 2.75) is 31.8 Å². The van der Waals surface area contributed by atoms with Gasteiger partial charge in [-0.3, -0.25) is 4.79 Å². The fourth-order valence-electron chi connectivity index (χ4n) is 2.42. The van der Waals surface area contributed by atoms with Crippen molar-refractivity contribution in [3.8, 4) is 0 Å². The monoisotopic (exact) mass is 266 g/mol. The number of aliphatic hydroxyl groups excluding tert-OH is 1. The van der Waals surface area contributed by atoms with Crippen molar-refractivity contribution in [3.63, 3.8) is 0 Å². The highest BCUT2D eigenvalue weighted by atomic mass is 19.1. The quantitative estimate of drug-likeness (QED) is 0.867. The maximum absolute atomic E-state index is 13.0. The topological polar surface area (TPSA) is 52.6 Å². The molecule has 5 heteroatoms. The zero-order valence-electron chi connectivity index (χ0n) is 11.2. The van der Waals surface area contributed by atoms with E-state index >= 15 is 0 Å². The first-order valence-corrected chi connectivity index (χ1v) is 6.39. The Hall–Kier alpha value is -1.46. The number of rotatable bonds is 3. The molecule has 0 radical (unpaired) electrons. The molecule has 0 aromatic heterocycles. The highest BCUT2D eigenvalue weighted by molar-refractivity contribution is 5.99. The lowest BCUT2D eigenvalue weighted by atomic mass is 9.94. The predicted molar refractivity (Wildman–Crippen MR) is 71.5 cm³/mol. The lowest BCUT2D eigenvalue weighted by Gasteiger charge is -2.45. The van der Waals surface area contributed by atoms with Gasteiger partial charge >= 0.3 is 0 Å². The minimum Gasteiger partial charge on any atom is -0.396 e. The molecule has 1 amide bonds. The molecule has 1 heterocycles. The maximum Gasteiger partial charge on any atom is 0.244 e. The van der Waals surface area contributed by atoms with Gasteiger partial charge in [-0.2, -0.15) is 0 Å². The maximum atomic E-state index is 13.0. The van der Waals surface area contributed by atoms with Gasteiger partial charge in [0.2, 0.25) is 5.91 Å². The number of nitrogens with one attached hydrogen (secondary N) is 1. The molecule has 0 aliphatic carbocycles. The van der Waals surface area contributed by atoms with Crippen molar-refractivity contribution in [2.75, 3.05) is 18.1 Å². The fraction of sp³-hybridized carbons (Fsp3) is 0.500. The molecule has 2 rings (SSSR count). The molecule has 1 aromatic carbocycles. The molecule has 1 aliphatic heterocycles. The third-order valence-corrected chi connectivity index (χ3v) is 3.41. The summed E-state index contributed by atoms with van der Waals surface area (Å²) in [7, 11) is 0. The summed E-state index contributed by atoms with van der Waals surface area (Å²) in [6.07, 6.45) is 0.382. The molecule has 1 saturated heterocycles. The average molecular weight is 266 g/mol. The van der Waals surface area contributed by atoms with Crippen LogP contribution in [0.15, 0.2) is 24.3 Å². The molecule has 104 valence electrons. The van der Waals surface area contributed by atoms with E-state index in [4.69, 9.17) is 5.11 Å². The van der Waals surface area contributed by atoms with Crippen LogP contribution in [0.3, 0.4) is 0 Å². The van der Waals surface area contributed by atoms with Gasteiger partial charge in [-0.05, 0) is 44.5 Å². The van der Waals surface area contributed by atoms with Crippen LogP contribution in [0.1, 0.15) is 20.3 Å². The Balaban J connectivity index is 2.32. The van der Waals surface area contributed by atoms with Crippen molar-refractivity contribution in [1.29, 1.82) is 0 Å². The van der Waals surface area contributed by atoms with E-state index < -0.39 is 0 Å². The summed E-state index contributed by atoms with van der Waals surface area (Å²) >= 11 is 0. The zero-order chi connectivity index (χ0) is 14.0. The van der Waals surface area contributed by atoms with Gasteiger partial charge in [-0.1, -0.05) is 0 Å². The number of aliphatic hydroxyl groups is 1. The number of halogens is 1. The van der Waals surface area contributed by atoms with Gasteiger partial charge in [0.15, 0.2) is 0 Å². The number of amides is 1. The van der Waals surface area contributed by atoms with Crippen molar-refractivity contribution in [3.05, 3.63) is 30.1 Å². The van der Waals surface area contributed by atoms with Gasteiger partial charge in [0.05, 0.1) is 11.6 Å². The smallest absolute Gasteiger partial charge is 0.244 e. The van der Waals surface area contributed by atoms with Crippen LogP contribution in [0.5, 0.6) is 0 Å². The van der Waals surface area contributed by atoms with Crippen molar-refractivity contribution >= 4 is 11.6 Å². The first-order valence-electron chi connectivity index (χ1n) is 6.39. The molecule has 1 aliphatic rings. The summed E-state index contributed by atoms with van der Waals surface area (Å²) in [4.78, 5) is 14.2. The summed E-state index contributed by atoms with van der Waals surface area (Å²) in [6, 6.07) is 5.53. The molecule has 4 nitrogen and oxygen atoms in total. The molecular weight excluding hydrogens is 247 g/mol. The van der Waals surface area contributed by atoms with Gasteiger partial charge in [-0.25, -0.2) is 4.39 Å². The molecule has 2 N–H and O–H groups in total. The number of carbonyl (C=O) groups is 1. The van der Waals surface area contributed by atoms with E-state index in [0.29, 0.717) is 18.7 Å². The van der Waals surface area contributed by atoms with Crippen molar-refractivity contribution < 1.29 is 14.3 Å². The van der Waals surface area contributed by atoms with Gasteiger partial charge in [0, 0.05) is 18.8 Å². The first kappa shape index (κ1) is 14.0. The normalized spacial score (nSPS) is 22.6. The van der Waals surface area contributed by atoms with Crippen LogP contribution in [-0.2, 0) is 4.79 Å². The molecule has 0 spiro atoms. The first-order chi connectivity index (χ1) is 8.95. The van der Waals surface area contributed by atoms with E-state index in [1.165, 1.54) is 12.1 Å². The minimum absolute atomic E-state index is 0.0406. The summed E-state index contributed by atoms with van der Waals surface area (Å²) in [5.74, 6) is -0.409. The summed E-state index contributed by atoms with van der Waals surface area (Å²) < 4.78 is 13.0. The highest BCUT2D eigenvalue weighted by Crippen LogP contribution is 2.28. The Bertz CT molecular complexity index is 459. The number of piperazine rings is 1. The predicted octanol–water partition coefficient (Wildman–Crippen LogP) is 1.29. The van der Waals surface area contributed by atoms with E-state index in [1.807, 2.05) is 13.8 Å². The average Bonchev–Trinajstić information content (AvgIpc) is 2.35. The zero-order valence-corrected chi connectivity index (χ0v) is 11.2. The van der Waals surface area contributed by atoms with Crippen molar-refractivity contribution in [2.24, 2.45) is 0 Å². The molecular formula is C14H19FN2O2. The van der Waals surface area contributed by atoms with Crippen LogP contribution >= 0.6 is 0 Å². The molecule has 1 aromatic rings. The number of benzene rings is 1. The lowest BCUT2D eigenvalue weighted by molar-refractivity contribution is -0.123. The van der Waals surface area contributed by atoms with E-state index in [-0.39, 0.29) is 29.9 Å². The number of hydrogen-bond donors (Lipinski definition) is 2. The van der Waals surface area contributed by atoms with Crippen LogP contribution < -0.4 is 10.2 Å². The fourth-order valence-corrected chi connectivity index (χ4v) is 2.42. The van der Waals surface area contributed by atoms with Crippen LogP contribution in [0.4, 0.5) is 10.1 Å². The third-order valence-electron chi connectivity index (χ3n) is 3.41. The van der Waals surface area contributed by atoms with Gasteiger partial charge in [0.25, 0.3) is 0 Å². The summed E-state index contributed by atoms with van der Waals surface area (Å²) in [5.41, 5.74) is 0.293. The summed E-state index contributed by atoms with van der Waals surface area (Å²) in [5, 5.41) is 12.1. The Morgan fingerprint density at radius 1 is 1.42 bits per heavy atom. The largest absolute Gasteiger partial charge is 0.396 e. The molecule has 1 unspecified atom stereocenters. The molecule has 0 saturated carbocycles. The van der Waals surface area contributed by atoms with Crippen molar-refractivity contribution in [1.82, 2.24) is 5.32 Å². The number of nitrogens with zero attached hydrogens (tertiary/aromatic N) is 1. The Morgan fingerprint density at radius 2 is 2.05 bits per heavy atom. The lowest BCUT2D eigenvalue weighted by Crippen LogP contribution is -2.65. The second-order valence-electron chi connectivity index (χ2n) is 5.41. The van der Waals surface area contributed by atoms with E-state index in [0.717, 1.165) is 0 Å². The van der Waals surface area contributed by atoms with Crippen LogP contribution in [0.25, 0.3) is 0 Å². The third kappa shape index (κ3) is 2.77. The van der Waals surface area contributed by atoms with Gasteiger partial charge < -0.3 is 15.3 Å². The standard InChI is InChI=1S/C14H19FN2O2/c1-14(2)9-16-12(7-8-18)13(19)17(14)11-5-3-10(15)4-6-11/h3-6,12,16,18H,7-9H2,1-2H3. The summed E-state index contributed by atoms with van der Waals surface area (Å²) in [6.45, 7) is 4.49. The van der Waals surface area contributed by atoms with E-state index in [1.54, 1.807) is 17.0 Å². The van der Waals surface area contributed by atoms with Crippen LogP contribution in [0, 0.1) is 5.82 Å². The molecule has 1 atom stereocenters. The van der Waals surface area contributed by atoms with Gasteiger partial charge in [-0.15, -0.1) is 0 Å². The number of carbonyl (C=O) groups excluding carboxylic acids is 1. The van der Waals surface area contributed by atoms with Crippen LogP contribution in [0.2, 0.25) is 0 Å². The molecule has 0 bridgehead atoms. The van der Waals surface area contributed by atoms with Gasteiger partial charge in [0.1, 0.15) is 5.82 Å². The SMILES string of the molecule is CC1(C)CNC(CCO)C(=O)N1c1ccc(F)cc1. The Morgan fingerprint density at radius 3 is 2.63 bits per heavy atom. The molecule has 19 heavy (non-hydrogen) atoms. The molecule has 1 fully saturated rings. The second kappa shape index (κ2) is 5.27. The number of anilines is 1. The highest BCUT2D eigenvalue weighted by Gasteiger charge is 2.40. The van der Waals surface area contributed by atoms with E-state index in [2.05, 4.69) is 5.32 Å². The second-order valence-corrected chi connectivity index (χ2v) is 5.41. The Labute approximate surface area is 112 Å². The number of hydrogen-bond acceptors (Lipinski definition) is 3. The van der Waals surface area contributed by atoms with E-state index in [9.17, 15) is 9.18 Å².